The van der Waals surface area contributed by atoms with Crippen LogP contribution >= 0.6 is 0 Å². The highest BCUT2D eigenvalue weighted by molar-refractivity contribution is 5.10. The number of nitrogens with two attached hydrogens (primary N) is 1. The van der Waals surface area contributed by atoms with E-state index in [0.29, 0.717) is 5.54 Å². The van der Waals surface area contributed by atoms with Crippen molar-refractivity contribution in [3.8, 4) is 0 Å². The van der Waals surface area contributed by atoms with Gasteiger partial charge >= 0.3 is 0 Å². The minimum atomic E-state index is 0.304. The quantitative estimate of drug-likeness (QED) is 0.858. The van der Waals surface area contributed by atoms with Gasteiger partial charge in [0.15, 0.2) is 0 Å². The van der Waals surface area contributed by atoms with Crippen molar-refractivity contribution in [2.75, 3.05) is 19.6 Å². The molecule has 2 saturated heterocycles. The van der Waals surface area contributed by atoms with Crippen molar-refractivity contribution in [1.82, 2.24) is 9.80 Å². The molecule has 3 nitrogen and oxygen atoms in total. The molecule has 2 heterocycles. The van der Waals surface area contributed by atoms with Gasteiger partial charge in [-0.2, -0.15) is 0 Å². The van der Waals surface area contributed by atoms with E-state index in [-0.39, 0.29) is 0 Å². The second-order valence-electron chi connectivity index (χ2n) is 7.98. The summed E-state index contributed by atoms with van der Waals surface area (Å²) < 4.78 is 0. The predicted molar refractivity (Wildman–Crippen MR) is 82.7 cm³/mol. The van der Waals surface area contributed by atoms with Gasteiger partial charge in [0, 0.05) is 36.8 Å². The molecule has 0 aromatic rings. The fourth-order valence-electron chi connectivity index (χ4n) is 5.59. The third-order valence-electron chi connectivity index (χ3n) is 6.73. The van der Waals surface area contributed by atoms with Crippen LogP contribution in [-0.2, 0) is 0 Å². The van der Waals surface area contributed by atoms with Gasteiger partial charge in [-0.05, 0) is 57.9 Å². The zero-order valence-electron chi connectivity index (χ0n) is 13.1. The third kappa shape index (κ3) is 2.05. The first-order valence-electron chi connectivity index (χ1n) is 8.96. The molecule has 2 aliphatic heterocycles. The molecule has 4 rings (SSSR count). The van der Waals surface area contributed by atoms with Crippen molar-refractivity contribution in [2.45, 2.75) is 82.0 Å². The molecular weight excluding hydrogens is 246 g/mol. The summed E-state index contributed by atoms with van der Waals surface area (Å²) in [6.45, 7) is 5.87. The van der Waals surface area contributed by atoms with Crippen molar-refractivity contribution < 1.29 is 0 Å². The summed E-state index contributed by atoms with van der Waals surface area (Å²) in [5, 5.41) is 0. The summed E-state index contributed by atoms with van der Waals surface area (Å²) in [5.74, 6) is 0.984. The maximum atomic E-state index is 6.35. The standard InChI is InChI=1S/C17H31N3/c1-13-10-17(11-18,12-19(13)15-6-7-15)20-9-8-14-4-2-3-5-16(14)20/h13-16H,2-12,18H2,1H3. The topological polar surface area (TPSA) is 32.5 Å². The van der Waals surface area contributed by atoms with E-state index in [9.17, 15) is 0 Å². The lowest BCUT2D eigenvalue weighted by atomic mass is 9.83. The van der Waals surface area contributed by atoms with E-state index >= 15 is 0 Å². The fourth-order valence-corrected chi connectivity index (χ4v) is 5.59. The van der Waals surface area contributed by atoms with Crippen LogP contribution in [0.15, 0.2) is 0 Å². The van der Waals surface area contributed by atoms with Crippen LogP contribution in [0.5, 0.6) is 0 Å². The van der Waals surface area contributed by atoms with Gasteiger partial charge in [0.1, 0.15) is 0 Å². The Labute approximate surface area is 123 Å². The van der Waals surface area contributed by atoms with Crippen LogP contribution < -0.4 is 5.73 Å². The number of nitrogens with zero attached hydrogens (tertiary/aromatic N) is 2. The lowest BCUT2D eigenvalue weighted by molar-refractivity contribution is 0.0588. The summed E-state index contributed by atoms with van der Waals surface area (Å²) >= 11 is 0. The van der Waals surface area contributed by atoms with E-state index < -0.39 is 0 Å². The first-order chi connectivity index (χ1) is 9.73. The Morgan fingerprint density at radius 2 is 1.90 bits per heavy atom. The molecule has 0 aromatic carbocycles. The average molecular weight is 277 g/mol. The van der Waals surface area contributed by atoms with Gasteiger partial charge in [0.05, 0.1) is 0 Å². The highest BCUT2D eigenvalue weighted by Gasteiger charge is 2.53. The summed E-state index contributed by atoms with van der Waals surface area (Å²) in [6.07, 6.45) is 11.4. The Bertz CT molecular complexity index is 367. The second kappa shape index (κ2) is 4.96. The lowest BCUT2D eigenvalue weighted by Crippen LogP contribution is -2.58. The minimum Gasteiger partial charge on any atom is -0.329 e. The highest BCUT2D eigenvalue weighted by atomic mass is 15.4. The van der Waals surface area contributed by atoms with Crippen LogP contribution in [0.4, 0.5) is 0 Å². The average Bonchev–Trinajstić information content (AvgIpc) is 3.12. The number of hydrogen-bond donors (Lipinski definition) is 1. The fraction of sp³-hybridized carbons (Fsp3) is 1.00. The van der Waals surface area contributed by atoms with Gasteiger partial charge < -0.3 is 5.73 Å². The first kappa shape index (κ1) is 13.5. The molecule has 0 radical (unpaired) electrons. The molecular formula is C17H31N3. The Balaban J connectivity index is 1.55. The normalized spacial score (nSPS) is 46.8. The van der Waals surface area contributed by atoms with Crippen LogP contribution in [-0.4, -0.2) is 53.1 Å². The van der Waals surface area contributed by atoms with Gasteiger partial charge in [-0.15, -0.1) is 0 Å². The molecule has 4 unspecified atom stereocenters. The molecule has 0 aromatic heterocycles. The molecule has 2 N–H and O–H groups in total. The molecule has 0 spiro atoms. The second-order valence-corrected chi connectivity index (χ2v) is 7.98. The van der Waals surface area contributed by atoms with Crippen LogP contribution in [0.3, 0.4) is 0 Å². The van der Waals surface area contributed by atoms with Gasteiger partial charge in [0.25, 0.3) is 0 Å². The minimum absolute atomic E-state index is 0.304. The maximum Gasteiger partial charge on any atom is 0.0476 e. The van der Waals surface area contributed by atoms with Gasteiger partial charge in [-0.25, -0.2) is 0 Å². The largest absolute Gasteiger partial charge is 0.329 e. The van der Waals surface area contributed by atoms with Crippen LogP contribution in [0.1, 0.15) is 58.3 Å². The zero-order chi connectivity index (χ0) is 13.7. The van der Waals surface area contributed by atoms with E-state index in [4.69, 9.17) is 5.73 Å². The van der Waals surface area contributed by atoms with Gasteiger partial charge in [-0.1, -0.05) is 12.8 Å². The third-order valence-corrected chi connectivity index (χ3v) is 6.73. The van der Waals surface area contributed by atoms with E-state index in [1.807, 2.05) is 0 Å². The molecule has 4 atom stereocenters. The smallest absolute Gasteiger partial charge is 0.0476 e. The predicted octanol–water partition coefficient (Wildman–Crippen LogP) is 2.20. The number of fused-ring (bicyclic) bond motifs is 1. The molecule has 3 heteroatoms. The monoisotopic (exact) mass is 277 g/mol. The zero-order valence-corrected chi connectivity index (χ0v) is 13.1. The first-order valence-corrected chi connectivity index (χ1v) is 8.96. The molecule has 2 aliphatic carbocycles. The summed E-state index contributed by atoms with van der Waals surface area (Å²) in [4.78, 5) is 5.67. The van der Waals surface area contributed by atoms with Crippen molar-refractivity contribution in [3.63, 3.8) is 0 Å². The summed E-state index contributed by atoms with van der Waals surface area (Å²) in [5.41, 5.74) is 6.65. The lowest BCUT2D eigenvalue weighted by Gasteiger charge is -2.44. The van der Waals surface area contributed by atoms with Crippen molar-refractivity contribution in [1.29, 1.82) is 0 Å². The Morgan fingerprint density at radius 3 is 2.65 bits per heavy atom. The van der Waals surface area contributed by atoms with Crippen LogP contribution in [0, 0.1) is 5.92 Å². The SMILES string of the molecule is CC1CC(CN)(N2CCC3CCCCC32)CN1C1CC1. The highest BCUT2D eigenvalue weighted by Crippen LogP contribution is 2.45. The molecule has 2 saturated carbocycles. The maximum absolute atomic E-state index is 6.35. The van der Waals surface area contributed by atoms with Crippen LogP contribution in [0.2, 0.25) is 0 Å². The van der Waals surface area contributed by atoms with Gasteiger partial charge in [-0.3, -0.25) is 9.80 Å². The van der Waals surface area contributed by atoms with Crippen molar-refractivity contribution in [2.24, 2.45) is 11.7 Å². The molecule has 0 amide bonds. The van der Waals surface area contributed by atoms with E-state index in [0.717, 1.165) is 30.6 Å². The van der Waals surface area contributed by atoms with E-state index in [1.54, 1.807) is 0 Å². The molecule has 114 valence electrons. The van der Waals surface area contributed by atoms with Crippen molar-refractivity contribution in [3.05, 3.63) is 0 Å². The Morgan fingerprint density at radius 1 is 1.10 bits per heavy atom. The summed E-state index contributed by atoms with van der Waals surface area (Å²) in [6, 6.07) is 2.50. The van der Waals surface area contributed by atoms with Crippen LogP contribution in [0.25, 0.3) is 0 Å². The molecule has 0 bridgehead atoms. The summed E-state index contributed by atoms with van der Waals surface area (Å²) in [7, 11) is 0. The Hall–Kier alpha value is -0.120. The van der Waals surface area contributed by atoms with Gasteiger partial charge in [0.2, 0.25) is 0 Å². The van der Waals surface area contributed by atoms with Crippen molar-refractivity contribution >= 4 is 0 Å². The molecule has 20 heavy (non-hydrogen) atoms. The molecule has 4 aliphatic rings. The van der Waals surface area contributed by atoms with E-state index in [1.165, 1.54) is 64.5 Å². The Kier molecular flexibility index (Phi) is 3.36. The number of likely N-dealkylation sites (tertiary alicyclic amines) is 2. The number of rotatable bonds is 3. The molecule has 4 fully saturated rings. The number of hydrogen-bond acceptors (Lipinski definition) is 3. The van der Waals surface area contributed by atoms with E-state index in [2.05, 4.69) is 16.7 Å².